The van der Waals surface area contributed by atoms with Crippen molar-refractivity contribution in [2.75, 3.05) is 12.8 Å². The van der Waals surface area contributed by atoms with Gasteiger partial charge in [-0.25, -0.2) is 0 Å². The maximum absolute atomic E-state index is 12.4. The first kappa shape index (κ1) is 15.9. The molecule has 0 unspecified atom stereocenters. The summed E-state index contributed by atoms with van der Waals surface area (Å²) in [5.74, 6) is 0.184. The van der Waals surface area contributed by atoms with Crippen LogP contribution in [0.15, 0.2) is 18.2 Å². The fourth-order valence-corrected chi connectivity index (χ4v) is 3.48. The minimum Gasteiger partial charge on any atom is -0.434 e. The summed E-state index contributed by atoms with van der Waals surface area (Å²) in [6.45, 7) is -1.47. The standard InChI is InChI=1S/C14H18ClF2NOS/c1-20-14(5-2-6-14)9-18-8-10-7-11(15)3-4-12(10)19-13(16)17/h3-4,7,13,18H,2,5-6,8-9H2,1H3. The average molecular weight is 322 g/mol. The Bertz CT molecular complexity index is 449. The molecule has 6 heteroatoms. The highest BCUT2D eigenvalue weighted by atomic mass is 35.5. The molecule has 0 bridgehead atoms. The fourth-order valence-electron chi connectivity index (χ4n) is 2.35. The lowest BCUT2D eigenvalue weighted by Gasteiger charge is -2.40. The quantitative estimate of drug-likeness (QED) is 0.808. The zero-order chi connectivity index (χ0) is 14.6. The molecule has 0 radical (unpaired) electrons. The molecule has 0 saturated heterocycles. The van der Waals surface area contributed by atoms with Crippen LogP contribution in [0.25, 0.3) is 0 Å². The highest BCUT2D eigenvalue weighted by Crippen LogP contribution is 2.42. The molecule has 0 aliphatic heterocycles. The first-order chi connectivity index (χ1) is 9.54. The van der Waals surface area contributed by atoms with Gasteiger partial charge in [-0.05, 0) is 37.3 Å². The maximum atomic E-state index is 12.4. The third-order valence-corrected chi connectivity index (χ3v) is 5.35. The summed E-state index contributed by atoms with van der Waals surface area (Å²) in [6, 6.07) is 4.70. The highest BCUT2D eigenvalue weighted by molar-refractivity contribution is 8.00. The summed E-state index contributed by atoms with van der Waals surface area (Å²) < 4.78 is 29.5. The van der Waals surface area contributed by atoms with Gasteiger partial charge in [-0.15, -0.1) is 0 Å². The molecule has 0 atom stereocenters. The summed E-state index contributed by atoms with van der Waals surface area (Å²) in [5, 5.41) is 3.85. The van der Waals surface area contributed by atoms with E-state index in [4.69, 9.17) is 11.6 Å². The minimum absolute atomic E-state index is 0.184. The maximum Gasteiger partial charge on any atom is 0.387 e. The molecule has 20 heavy (non-hydrogen) atoms. The van der Waals surface area contributed by atoms with Gasteiger partial charge in [0.2, 0.25) is 0 Å². The number of hydrogen-bond donors (Lipinski definition) is 1. The molecule has 1 saturated carbocycles. The Balaban J connectivity index is 1.95. The van der Waals surface area contributed by atoms with E-state index in [9.17, 15) is 8.78 Å². The van der Waals surface area contributed by atoms with Gasteiger partial charge in [-0.2, -0.15) is 20.5 Å². The van der Waals surface area contributed by atoms with Crippen LogP contribution in [0.4, 0.5) is 8.78 Å². The molecule has 1 fully saturated rings. The number of thioether (sulfide) groups is 1. The Morgan fingerprint density at radius 1 is 1.45 bits per heavy atom. The van der Waals surface area contributed by atoms with Gasteiger partial charge in [0.05, 0.1) is 0 Å². The van der Waals surface area contributed by atoms with Gasteiger partial charge in [-0.1, -0.05) is 18.0 Å². The third kappa shape index (κ3) is 3.99. The smallest absolute Gasteiger partial charge is 0.387 e. The molecular weight excluding hydrogens is 304 g/mol. The summed E-state index contributed by atoms with van der Waals surface area (Å²) in [5.41, 5.74) is 0.661. The van der Waals surface area contributed by atoms with Gasteiger partial charge >= 0.3 is 6.61 Å². The van der Waals surface area contributed by atoms with Crippen molar-refractivity contribution in [3.63, 3.8) is 0 Å². The summed E-state index contributed by atoms with van der Waals surface area (Å²) in [4.78, 5) is 0. The fraction of sp³-hybridized carbons (Fsp3) is 0.571. The van der Waals surface area contributed by atoms with Crippen LogP contribution >= 0.6 is 23.4 Å². The van der Waals surface area contributed by atoms with E-state index in [1.54, 1.807) is 12.1 Å². The predicted molar refractivity (Wildman–Crippen MR) is 79.9 cm³/mol. The molecule has 0 amide bonds. The first-order valence-corrected chi connectivity index (χ1v) is 8.14. The number of benzene rings is 1. The summed E-state index contributed by atoms with van der Waals surface area (Å²) in [7, 11) is 0. The van der Waals surface area contributed by atoms with Crippen molar-refractivity contribution in [3.05, 3.63) is 28.8 Å². The van der Waals surface area contributed by atoms with Crippen LogP contribution < -0.4 is 10.1 Å². The summed E-state index contributed by atoms with van der Waals surface area (Å²) >= 11 is 7.79. The Morgan fingerprint density at radius 3 is 2.75 bits per heavy atom. The first-order valence-electron chi connectivity index (χ1n) is 6.54. The van der Waals surface area contributed by atoms with Crippen LogP contribution in [0.5, 0.6) is 5.75 Å². The van der Waals surface area contributed by atoms with Crippen molar-refractivity contribution < 1.29 is 13.5 Å². The van der Waals surface area contributed by atoms with Crippen LogP contribution in [0.3, 0.4) is 0 Å². The second-order valence-electron chi connectivity index (χ2n) is 4.97. The van der Waals surface area contributed by atoms with Crippen LogP contribution in [0, 0.1) is 0 Å². The molecule has 0 heterocycles. The van der Waals surface area contributed by atoms with E-state index >= 15 is 0 Å². The largest absolute Gasteiger partial charge is 0.434 e. The lowest BCUT2D eigenvalue weighted by atomic mass is 9.84. The Kier molecular flexibility index (Phi) is 5.52. The van der Waals surface area contributed by atoms with Gasteiger partial charge in [0.1, 0.15) is 5.75 Å². The Morgan fingerprint density at radius 2 is 2.20 bits per heavy atom. The number of alkyl halides is 2. The molecule has 0 spiro atoms. The van der Waals surface area contributed by atoms with E-state index in [1.807, 2.05) is 11.8 Å². The minimum atomic E-state index is -2.82. The lowest BCUT2D eigenvalue weighted by molar-refractivity contribution is -0.0505. The third-order valence-electron chi connectivity index (χ3n) is 3.70. The normalized spacial score (nSPS) is 17.1. The predicted octanol–water partition coefficient (Wildman–Crippen LogP) is 4.32. The SMILES string of the molecule is CSC1(CNCc2cc(Cl)ccc2OC(F)F)CCC1. The van der Waals surface area contributed by atoms with E-state index < -0.39 is 6.61 Å². The van der Waals surface area contributed by atoms with Crippen LogP contribution in [-0.4, -0.2) is 24.2 Å². The molecule has 1 N–H and O–H groups in total. The number of nitrogens with one attached hydrogen (secondary N) is 1. The molecular formula is C14H18ClF2NOS. The van der Waals surface area contributed by atoms with Crippen molar-refractivity contribution in [2.24, 2.45) is 0 Å². The van der Waals surface area contributed by atoms with Crippen molar-refractivity contribution in [1.29, 1.82) is 0 Å². The van der Waals surface area contributed by atoms with Gasteiger partial charge in [0, 0.05) is 28.4 Å². The Labute approximate surface area is 127 Å². The van der Waals surface area contributed by atoms with Crippen LogP contribution in [0.1, 0.15) is 24.8 Å². The molecule has 2 rings (SSSR count). The van der Waals surface area contributed by atoms with Crippen molar-refractivity contribution in [3.8, 4) is 5.75 Å². The van der Waals surface area contributed by atoms with E-state index in [0.717, 1.165) is 6.54 Å². The molecule has 112 valence electrons. The Hall–Kier alpha value is -0.520. The molecule has 2 nitrogen and oxygen atoms in total. The second-order valence-corrected chi connectivity index (χ2v) is 6.69. The van der Waals surface area contributed by atoms with Gasteiger partial charge in [0.15, 0.2) is 0 Å². The van der Waals surface area contributed by atoms with Crippen molar-refractivity contribution in [1.82, 2.24) is 5.32 Å². The average Bonchev–Trinajstić information content (AvgIpc) is 2.35. The number of hydrogen-bond acceptors (Lipinski definition) is 3. The lowest BCUT2D eigenvalue weighted by Crippen LogP contribution is -2.43. The van der Waals surface area contributed by atoms with Crippen LogP contribution in [-0.2, 0) is 6.54 Å². The molecule has 1 aliphatic carbocycles. The summed E-state index contributed by atoms with van der Waals surface area (Å²) in [6.07, 6.45) is 5.79. The molecule has 1 aromatic rings. The monoisotopic (exact) mass is 321 g/mol. The number of ether oxygens (including phenoxy) is 1. The van der Waals surface area contributed by atoms with Gasteiger partial charge < -0.3 is 10.1 Å². The zero-order valence-corrected chi connectivity index (χ0v) is 12.9. The zero-order valence-electron chi connectivity index (χ0n) is 11.3. The molecule has 1 aromatic carbocycles. The highest BCUT2D eigenvalue weighted by Gasteiger charge is 2.35. The topological polar surface area (TPSA) is 21.3 Å². The van der Waals surface area contributed by atoms with Gasteiger partial charge in [-0.3, -0.25) is 0 Å². The van der Waals surface area contributed by atoms with Crippen LogP contribution in [0.2, 0.25) is 5.02 Å². The van der Waals surface area contributed by atoms with Crippen molar-refractivity contribution in [2.45, 2.75) is 37.2 Å². The van der Waals surface area contributed by atoms with E-state index in [2.05, 4.69) is 16.3 Å². The number of halogens is 3. The van der Waals surface area contributed by atoms with E-state index in [0.29, 0.717) is 21.9 Å². The number of rotatable bonds is 7. The molecule has 1 aliphatic rings. The van der Waals surface area contributed by atoms with E-state index in [1.165, 1.54) is 25.3 Å². The molecule has 0 aromatic heterocycles. The van der Waals surface area contributed by atoms with Gasteiger partial charge in [0.25, 0.3) is 0 Å². The second kappa shape index (κ2) is 6.96. The van der Waals surface area contributed by atoms with Crippen molar-refractivity contribution >= 4 is 23.4 Å². The van der Waals surface area contributed by atoms with E-state index in [-0.39, 0.29) is 5.75 Å².